The van der Waals surface area contributed by atoms with E-state index in [1.807, 2.05) is 0 Å². The molecular weight excluding hydrogens is 317 g/mol. The van der Waals surface area contributed by atoms with E-state index in [-0.39, 0.29) is 23.5 Å². The third-order valence-corrected chi connectivity index (χ3v) is 3.83. The van der Waals surface area contributed by atoms with Crippen LogP contribution >= 0.6 is 0 Å². The van der Waals surface area contributed by atoms with E-state index in [4.69, 9.17) is 9.47 Å². The molecular formula is C17H18FNO5. The molecule has 1 heterocycles. The Bertz CT molecular complexity index is 810. The number of benzene rings is 1. The SMILES string of the molecule is CCOC(=O)c1cc(-c2cc(F)c(OC)cc2C(=O)O)n(C)c1C. The fourth-order valence-electron chi connectivity index (χ4n) is 2.47. The first-order chi connectivity index (χ1) is 11.3. The smallest absolute Gasteiger partial charge is 0.339 e. The van der Waals surface area contributed by atoms with Gasteiger partial charge in [-0.25, -0.2) is 14.0 Å². The topological polar surface area (TPSA) is 77.8 Å². The van der Waals surface area contributed by atoms with E-state index in [1.165, 1.54) is 13.2 Å². The molecule has 0 saturated heterocycles. The van der Waals surface area contributed by atoms with Crippen LogP contribution in [0.3, 0.4) is 0 Å². The molecule has 0 fully saturated rings. The molecule has 0 aliphatic heterocycles. The number of esters is 1. The molecule has 128 valence electrons. The number of aromatic carboxylic acids is 1. The molecule has 24 heavy (non-hydrogen) atoms. The number of carboxylic acid groups (broad SMARTS) is 1. The van der Waals surface area contributed by atoms with Gasteiger partial charge in [0.25, 0.3) is 0 Å². The lowest BCUT2D eigenvalue weighted by Gasteiger charge is -2.11. The molecule has 1 N–H and O–H groups in total. The normalized spacial score (nSPS) is 10.5. The lowest BCUT2D eigenvalue weighted by atomic mass is 10.0. The van der Waals surface area contributed by atoms with Gasteiger partial charge in [0, 0.05) is 24.0 Å². The van der Waals surface area contributed by atoms with Crippen LogP contribution in [-0.2, 0) is 11.8 Å². The van der Waals surface area contributed by atoms with E-state index in [0.29, 0.717) is 17.0 Å². The van der Waals surface area contributed by atoms with Gasteiger partial charge in [-0.15, -0.1) is 0 Å². The van der Waals surface area contributed by atoms with E-state index < -0.39 is 17.8 Å². The summed E-state index contributed by atoms with van der Waals surface area (Å²) in [5.41, 5.74) is 1.33. The number of rotatable bonds is 5. The Morgan fingerprint density at radius 2 is 1.92 bits per heavy atom. The second kappa shape index (κ2) is 6.74. The zero-order valence-electron chi connectivity index (χ0n) is 13.8. The lowest BCUT2D eigenvalue weighted by Crippen LogP contribution is -2.06. The summed E-state index contributed by atoms with van der Waals surface area (Å²) >= 11 is 0. The van der Waals surface area contributed by atoms with Crippen molar-refractivity contribution in [3.8, 4) is 17.0 Å². The molecule has 0 radical (unpaired) electrons. The number of halogens is 1. The molecule has 0 amide bonds. The van der Waals surface area contributed by atoms with E-state index >= 15 is 0 Å². The number of carbonyl (C=O) groups excluding carboxylic acids is 1. The number of carboxylic acids is 1. The molecule has 0 unspecified atom stereocenters. The van der Waals surface area contributed by atoms with Gasteiger partial charge in [0.15, 0.2) is 11.6 Å². The Kier molecular flexibility index (Phi) is 4.92. The highest BCUT2D eigenvalue weighted by atomic mass is 19.1. The summed E-state index contributed by atoms with van der Waals surface area (Å²) < 4.78 is 25.5. The highest BCUT2D eigenvalue weighted by Crippen LogP contribution is 2.32. The minimum atomic E-state index is -1.22. The Hall–Kier alpha value is -2.83. The summed E-state index contributed by atoms with van der Waals surface area (Å²) in [4.78, 5) is 23.5. The maximum Gasteiger partial charge on any atom is 0.339 e. The van der Waals surface area contributed by atoms with Gasteiger partial charge in [-0.2, -0.15) is 0 Å². The average Bonchev–Trinajstić information content (AvgIpc) is 2.83. The molecule has 2 rings (SSSR count). The molecule has 0 aliphatic carbocycles. The van der Waals surface area contributed by atoms with Crippen molar-refractivity contribution in [2.45, 2.75) is 13.8 Å². The summed E-state index contributed by atoms with van der Waals surface area (Å²) in [5.74, 6) is -2.58. The summed E-state index contributed by atoms with van der Waals surface area (Å²) in [5, 5.41) is 9.42. The van der Waals surface area contributed by atoms with Crippen LogP contribution in [0.2, 0.25) is 0 Å². The Labute approximate surface area is 138 Å². The van der Waals surface area contributed by atoms with Crippen molar-refractivity contribution in [1.29, 1.82) is 0 Å². The number of carbonyl (C=O) groups is 2. The van der Waals surface area contributed by atoms with Gasteiger partial charge in [0.2, 0.25) is 0 Å². The van der Waals surface area contributed by atoms with Crippen LogP contribution in [0.1, 0.15) is 33.3 Å². The maximum absolute atomic E-state index is 14.1. The third-order valence-electron chi connectivity index (χ3n) is 3.83. The predicted octanol–water partition coefficient (Wildman–Crippen LogP) is 3.02. The second-order valence-corrected chi connectivity index (χ2v) is 5.15. The van der Waals surface area contributed by atoms with Gasteiger partial charge in [0.05, 0.1) is 24.8 Å². The van der Waals surface area contributed by atoms with Gasteiger partial charge < -0.3 is 19.1 Å². The van der Waals surface area contributed by atoms with E-state index in [1.54, 1.807) is 25.5 Å². The monoisotopic (exact) mass is 335 g/mol. The van der Waals surface area contributed by atoms with Crippen LogP contribution in [-0.4, -0.2) is 35.3 Å². The van der Waals surface area contributed by atoms with Crippen LogP contribution in [0.4, 0.5) is 4.39 Å². The molecule has 0 bridgehead atoms. The fourth-order valence-corrected chi connectivity index (χ4v) is 2.47. The number of nitrogens with zero attached hydrogens (tertiary/aromatic N) is 1. The first kappa shape index (κ1) is 17.5. The standard InChI is InChI=1S/C17H18FNO5/c1-5-24-17(22)10-7-14(19(3)9(10)2)11-6-13(18)15(23-4)8-12(11)16(20)21/h6-8H,5H2,1-4H3,(H,20,21). The van der Waals surface area contributed by atoms with Crippen molar-refractivity contribution in [1.82, 2.24) is 4.57 Å². The minimum absolute atomic E-state index is 0.121. The number of aromatic nitrogens is 1. The summed E-state index contributed by atoms with van der Waals surface area (Å²) in [6, 6.07) is 3.71. The fraction of sp³-hybridized carbons (Fsp3) is 0.294. The van der Waals surface area contributed by atoms with Crippen LogP contribution in [0, 0.1) is 12.7 Å². The van der Waals surface area contributed by atoms with Gasteiger partial charge in [-0.1, -0.05) is 0 Å². The molecule has 0 atom stereocenters. The molecule has 0 spiro atoms. The largest absolute Gasteiger partial charge is 0.494 e. The average molecular weight is 335 g/mol. The predicted molar refractivity (Wildman–Crippen MR) is 85.0 cm³/mol. The van der Waals surface area contributed by atoms with Crippen LogP contribution in [0.15, 0.2) is 18.2 Å². The third kappa shape index (κ3) is 2.97. The quantitative estimate of drug-likeness (QED) is 0.850. The van der Waals surface area contributed by atoms with Crippen molar-refractivity contribution in [3.05, 3.63) is 40.8 Å². The highest BCUT2D eigenvalue weighted by molar-refractivity contribution is 5.98. The van der Waals surface area contributed by atoms with E-state index in [2.05, 4.69) is 0 Å². The van der Waals surface area contributed by atoms with Gasteiger partial charge in [0.1, 0.15) is 0 Å². The Morgan fingerprint density at radius 3 is 2.46 bits per heavy atom. The number of hydrogen-bond acceptors (Lipinski definition) is 4. The van der Waals surface area contributed by atoms with Crippen LogP contribution < -0.4 is 4.74 Å². The summed E-state index contributed by atoms with van der Waals surface area (Å²) in [6.45, 7) is 3.62. The van der Waals surface area contributed by atoms with Crippen molar-refractivity contribution in [2.75, 3.05) is 13.7 Å². The Morgan fingerprint density at radius 1 is 1.25 bits per heavy atom. The van der Waals surface area contributed by atoms with Gasteiger partial charge in [-0.3, -0.25) is 0 Å². The minimum Gasteiger partial charge on any atom is -0.494 e. The maximum atomic E-state index is 14.1. The number of methoxy groups -OCH3 is 1. The zero-order valence-corrected chi connectivity index (χ0v) is 13.8. The van der Waals surface area contributed by atoms with Crippen molar-refractivity contribution in [2.24, 2.45) is 7.05 Å². The molecule has 1 aromatic carbocycles. The van der Waals surface area contributed by atoms with Crippen molar-refractivity contribution in [3.63, 3.8) is 0 Å². The van der Waals surface area contributed by atoms with E-state index in [0.717, 1.165) is 12.1 Å². The first-order valence-electron chi connectivity index (χ1n) is 7.26. The summed E-state index contributed by atoms with van der Waals surface area (Å²) in [7, 11) is 2.93. The van der Waals surface area contributed by atoms with Crippen molar-refractivity contribution < 1.29 is 28.6 Å². The molecule has 0 aliphatic rings. The van der Waals surface area contributed by atoms with Gasteiger partial charge in [-0.05, 0) is 32.0 Å². The summed E-state index contributed by atoms with van der Waals surface area (Å²) in [6.07, 6.45) is 0. The first-order valence-corrected chi connectivity index (χ1v) is 7.26. The molecule has 0 saturated carbocycles. The van der Waals surface area contributed by atoms with Gasteiger partial charge >= 0.3 is 11.9 Å². The number of hydrogen-bond donors (Lipinski definition) is 1. The highest BCUT2D eigenvalue weighted by Gasteiger charge is 2.23. The van der Waals surface area contributed by atoms with Crippen LogP contribution in [0.5, 0.6) is 5.75 Å². The zero-order chi connectivity index (χ0) is 18.0. The molecule has 7 heteroatoms. The molecule has 6 nitrogen and oxygen atoms in total. The molecule has 2 aromatic rings. The second-order valence-electron chi connectivity index (χ2n) is 5.15. The Balaban J connectivity index is 2.68. The molecule has 1 aromatic heterocycles. The van der Waals surface area contributed by atoms with E-state index in [9.17, 15) is 19.1 Å². The van der Waals surface area contributed by atoms with Crippen LogP contribution in [0.25, 0.3) is 11.3 Å². The lowest BCUT2D eigenvalue weighted by molar-refractivity contribution is 0.0525. The number of ether oxygens (including phenoxy) is 2. The van der Waals surface area contributed by atoms with Crippen molar-refractivity contribution >= 4 is 11.9 Å².